The Labute approximate surface area is 147 Å². The number of alkyl halides is 3. The quantitative estimate of drug-likeness (QED) is 0.759. The standard InChI is InChI=1S/C18H17F4N3O/c1-11-8-12(2-5-16(11)26-18(20,21)22)6-7-23-17-14-9-13(19)3-4-15(14)24-10-25-17/h2-5,9-11H,6-8H2,1H3,(H,23,24,25). The molecule has 0 spiro atoms. The van der Waals surface area contributed by atoms with Crippen molar-refractivity contribution in [2.75, 3.05) is 11.9 Å². The summed E-state index contributed by atoms with van der Waals surface area (Å²) in [6, 6.07) is 4.28. The summed E-state index contributed by atoms with van der Waals surface area (Å²) in [7, 11) is 0. The van der Waals surface area contributed by atoms with Crippen LogP contribution in [-0.2, 0) is 4.74 Å². The summed E-state index contributed by atoms with van der Waals surface area (Å²) in [5.41, 5.74) is 1.63. The lowest BCUT2D eigenvalue weighted by atomic mass is 9.92. The Hall–Kier alpha value is -2.64. The van der Waals surface area contributed by atoms with Crippen molar-refractivity contribution in [2.45, 2.75) is 26.1 Å². The second-order valence-corrected chi connectivity index (χ2v) is 6.11. The molecule has 3 rings (SSSR count). The summed E-state index contributed by atoms with van der Waals surface area (Å²) in [4.78, 5) is 8.22. The van der Waals surface area contributed by atoms with E-state index in [1.165, 1.54) is 24.5 Å². The molecular weight excluding hydrogens is 350 g/mol. The Morgan fingerprint density at radius 3 is 2.77 bits per heavy atom. The molecule has 4 nitrogen and oxygen atoms in total. The van der Waals surface area contributed by atoms with Crippen molar-refractivity contribution >= 4 is 16.7 Å². The maximum Gasteiger partial charge on any atom is 0.572 e. The summed E-state index contributed by atoms with van der Waals surface area (Å²) in [5, 5.41) is 3.72. The van der Waals surface area contributed by atoms with Crippen LogP contribution in [0.2, 0.25) is 0 Å². The fourth-order valence-corrected chi connectivity index (χ4v) is 2.89. The first-order valence-corrected chi connectivity index (χ1v) is 8.11. The first kappa shape index (κ1) is 18.2. The predicted molar refractivity (Wildman–Crippen MR) is 89.7 cm³/mol. The number of hydrogen-bond acceptors (Lipinski definition) is 4. The van der Waals surface area contributed by atoms with E-state index in [4.69, 9.17) is 0 Å². The maximum atomic E-state index is 13.4. The molecule has 0 fully saturated rings. The highest BCUT2D eigenvalue weighted by atomic mass is 19.4. The lowest BCUT2D eigenvalue weighted by Gasteiger charge is -2.23. The number of aromatic nitrogens is 2. The van der Waals surface area contributed by atoms with Gasteiger partial charge < -0.3 is 10.1 Å². The van der Waals surface area contributed by atoms with Crippen LogP contribution in [0.5, 0.6) is 0 Å². The average Bonchev–Trinajstić information content (AvgIpc) is 2.56. The molecule has 138 valence electrons. The zero-order chi connectivity index (χ0) is 18.7. The van der Waals surface area contributed by atoms with Gasteiger partial charge in [0, 0.05) is 17.8 Å². The zero-order valence-electron chi connectivity index (χ0n) is 14.0. The molecule has 8 heteroatoms. The highest BCUT2D eigenvalue weighted by Gasteiger charge is 2.34. The number of rotatable bonds is 5. The second-order valence-electron chi connectivity index (χ2n) is 6.11. The van der Waals surface area contributed by atoms with E-state index in [2.05, 4.69) is 20.0 Å². The van der Waals surface area contributed by atoms with Crippen molar-refractivity contribution in [3.63, 3.8) is 0 Å². The monoisotopic (exact) mass is 367 g/mol. The lowest BCUT2D eigenvalue weighted by Crippen LogP contribution is -2.19. The number of anilines is 1. The van der Waals surface area contributed by atoms with E-state index in [9.17, 15) is 17.6 Å². The lowest BCUT2D eigenvalue weighted by molar-refractivity contribution is -0.308. The van der Waals surface area contributed by atoms with Gasteiger partial charge in [0.2, 0.25) is 0 Å². The first-order valence-electron chi connectivity index (χ1n) is 8.11. The van der Waals surface area contributed by atoms with Gasteiger partial charge in [-0.25, -0.2) is 14.4 Å². The molecule has 1 aromatic heterocycles. The van der Waals surface area contributed by atoms with Gasteiger partial charge in [-0.15, -0.1) is 13.2 Å². The molecule has 1 unspecified atom stereocenters. The van der Waals surface area contributed by atoms with Gasteiger partial charge in [0.15, 0.2) is 0 Å². The van der Waals surface area contributed by atoms with Crippen LogP contribution in [0.3, 0.4) is 0 Å². The first-order chi connectivity index (χ1) is 12.3. The summed E-state index contributed by atoms with van der Waals surface area (Å²) < 4.78 is 54.4. The van der Waals surface area contributed by atoms with Crippen LogP contribution in [0.25, 0.3) is 10.9 Å². The van der Waals surface area contributed by atoms with Crippen molar-refractivity contribution < 1.29 is 22.3 Å². The van der Waals surface area contributed by atoms with E-state index in [0.717, 1.165) is 5.57 Å². The average molecular weight is 367 g/mol. The van der Waals surface area contributed by atoms with Gasteiger partial charge in [-0.2, -0.15) is 0 Å². The second kappa shape index (κ2) is 7.31. The zero-order valence-corrected chi connectivity index (χ0v) is 14.0. The summed E-state index contributed by atoms with van der Waals surface area (Å²) >= 11 is 0. The number of fused-ring (bicyclic) bond motifs is 1. The fourth-order valence-electron chi connectivity index (χ4n) is 2.89. The molecule has 2 aromatic rings. The van der Waals surface area contributed by atoms with Crippen LogP contribution in [0.15, 0.2) is 48.0 Å². The van der Waals surface area contributed by atoms with Crippen molar-refractivity contribution in [3.05, 3.63) is 53.8 Å². The molecule has 1 atom stereocenters. The molecular formula is C18H17F4N3O. The van der Waals surface area contributed by atoms with Gasteiger partial charge in [-0.1, -0.05) is 18.6 Å². The minimum atomic E-state index is -4.67. The Morgan fingerprint density at radius 1 is 1.23 bits per heavy atom. The summed E-state index contributed by atoms with van der Waals surface area (Å²) in [6.45, 7) is 2.21. The van der Waals surface area contributed by atoms with Crippen molar-refractivity contribution in [3.8, 4) is 0 Å². The molecule has 1 aliphatic rings. The molecule has 1 aromatic carbocycles. The van der Waals surface area contributed by atoms with Gasteiger partial charge in [0.1, 0.15) is 23.7 Å². The number of hydrogen-bond donors (Lipinski definition) is 1. The molecule has 1 heterocycles. The molecule has 1 aliphatic carbocycles. The smallest absolute Gasteiger partial charge is 0.410 e. The van der Waals surface area contributed by atoms with Crippen LogP contribution >= 0.6 is 0 Å². The summed E-state index contributed by atoms with van der Waals surface area (Å²) in [6.07, 6.45) is 0.862. The van der Waals surface area contributed by atoms with Gasteiger partial charge >= 0.3 is 6.36 Å². The van der Waals surface area contributed by atoms with E-state index < -0.39 is 6.36 Å². The van der Waals surface area contributed by atoms with Crippen LogP contribution < -0.4 is 5.32 Å². The SMILES string of the molecule is CC1CC(CCNc2ncnc3ccc(F)cc23)=CC=C1OC(F)(F)F. The fraction of sp³-hybridized carbons (Fsp3) is 0.333. The minimum Gasteiger partial charge on any atom is -0.410 e. The van der Waals surface area contributed by atoms with Gasteiger partial charge in [-0.05, 0) is 37.1 Å². The highest BCUT2D eigenvalue weighted by molar-refractivity contribution is 5.88. The number of ether oxygens (including phenoxy) is 1. The van der Waals surface area contributed by atoms with Crippen molar-refractivity contribution in [2.24, 2.45) is 5.92 Å². The third kappa shape index (κ3) is 4.50. The van der Waals surface area contributed by atoms with E-state index in [0.29, 0.717) is 36.1 Å². The predicted octanol–water partition coefficient (Wildman–Crippen LogP) is 4.96. The van der Waals surface area contributed by atoms with E-state index in [1.54, 1.807) is 19.1 Å². The Balaban J connectivity index is 1.63. The molecule has 26 heavy (non-hydrogen) atoms. The minimum absolute atomic E-state index is 0.0773. The number of benzene rings is 1. The van der Waals surface area contributed by atoms with Crippen LogP contribution in [-0.4, -0.2) is 22.9 Å². The molecule has 0 saturated heterocycles. The van der Waals surface area contributed by atoms with Gasteiger partial charge in [0.25, 0.3) is 0 Å². The third-order valence-electron chi connectivity index (χ3n) is 4.11. The van der Waals surface area contributed by atoms with E-state index in [-0.39, 0.29) is 17.5 Å². The molecule has 1 N–H and O–H groups in total. The molecule has 0 radical (unpaired) electrons. The Morgan fingerprint density at radius 2 is 2.04 bits per heavy atom. The number of allylic oxidation sites excluding steroid dienone is 3. The molecule has 0 amide bonds. The largest absolute Gasteiger partial charge is 0.572 e. The van der Waals surface area contributed by atoms with Crippen molar-refractivity contribution in [1.29, 1.82) is 0 Å². The van der Waals surface area contributed by atoms with Gasteiger partial charge in [-0.3, -0.25) is 0 Å². The van der Waals surface area contributed by atoms with Gasteiger partial charge in [0.05, 0.1) is 5.52 Å². The van der Waals surface area contributed by atoms with E-state index >= 15 is 0 Å². The van der Waals surface area contributed by atoms with Crippen LogP contribution in [0.1, 0.15) is 19.8 Å². The molecule has 0 bridgehead atoms. The Kier molecular flexibility index (Phi) is 5.11. The normalized spacial score (nSPS) is 17.7. The maximum absolute atomic E-state index is 13.4. The van der Waals surface area contributed by atoms with Crippen LogP contribution in [0.4, 0.5) is 23.4 Å². The topological polar surface area (TPSA) is 47.0 Å². The highest BCUT2D eigenvalue weighted by Crippen LogP contribution is 2.32. The summed E-state index contributed by atoms with van der Waals surface area (Å²) in [5.74, 6) is -0.269. The third-order valence-corrected chi connectivity index (χ3v) is 4.11. The number of nitrogens with zero attached hydrogens (tertiary/aromatic N) is 2. The molecule has 0 saturated carbocycles. The molecule has 0 aliphatic heterocycles. The number of halogens is 4. The Bertz CT molecular complexity index is 861. The van der Waals surface area contributed by atoms with Crippen LogP contribution in [0, 0.1) is 11.7 Å². The number of nitrogens with one attached hydrogen (secondary N) is 1. The van der Waals surface area contributed by atoms with E-state index in [1.807, 2.05) is 0 Å². The van der Waals surface area contributed by atoms with Crippen molar-refractivity contribution in [1.82, 2.24) is 9.97 Å².